The molecule has 0 fully saturated rings. The molecule has 0 radical (unpaired) electrons. The Balaban J connectivity index is 2.73. The summed E-state index contributed by atoms with van der Waals surface area (Å²) in [6.07, 6.45) is 0.525. The fourth-order valence-electron chi connectivity index (χ4n) is 1.86. The number of rotatable bonds is 6. The highest BCUT2D eigenvalue weighted by Crippen LogP contribution is 2.17. The van der Waals surface area contributed by atoms with Gasteiger partial charge in [0.15, 0.2) is 9.84 Å². The maximum atomic E-state index is 11.3. The molecule has 0 saturated heterocycles. The number of hydrogen-bond donors (Lipinski definition) is 1. The second-order valence-corrected chi connectivity index (χ2v) is 7.03. The van der Waals surface area contributed by atoms with Crippen LogP contribution in [-0.2, 0) is 9.84 Å². The molecule has 19 heavy (non-hydrogen) atoms. The fourth-order valence-corrected chi connectivity index (χ4v) is 2.49. The molecule has 0 aromatic heterocycles. The van der Waals surface area contributed by atoms with E-state index in [9.17, 15) is 13.5 Å². The van der Waals surface area contributed by atoms with Crippen LogP contribution in [0.4, 0.5) is 0 Å². The molecule has 1 aromatic rings. The van der Waals surface area contributed by atoms with E-state index in [1.807, 2.05) is 18.9 Å². The van der Waals surface area contributed by atoms with E-state index >= 15 is 0 Å². The van der Waals surface area contributed by atoms with Crippen molar-refractivity contribution >= 4 is 9.84 Å². The van der Waals surface area contributed by atoms with Crippen LogP contribution < -0.4 is 0 Å². The Labute approximate surface area is 115 Å². The van der Waals surface area contributed by atoms with Crippen molar-refractivity contribution in [2.24, 2.45) is 0 Å². The summed E-state index contributed by atoms with van der Waals surface area (Å²) in [6.45, 7) is 6.96. The van der Waals surface area contributed by atoms with Crippen molar-refractivity contribution in [2.75, 3.05) is 26.4 Å². The van der Waals surface area contributed by atoms with Gasteiger partial charge in [0.25, 0.3) is 0 Å². The van der Waals surface area contributed by atoms with E-state index in [-0.39, 0.29) is 4.90 Å². The SMILES string of the molecule is C=C(C)CN(C)CC(O)c1ccc(S(C)(=O)=O)cc1. The quantitative estimate of drug-likeness (QED) is 0.806. The van der Waals surface area contributed by atoms with Gasteiger partial charge >= 0.3 is 0 Å². The number of benzene rings is 1. The minimum absolute atomic E-state index is 0.263. The summed E-state index contributed by atoms with van der Waals surface area (Å²) in [4.78, 5) is 2.23. The molecule has 0 spiro atoms. The average Bonchev–Trinajstić information content (AvgIpc) is 2.26. The Morgan fingerprint density at radius 2 is 1.89 bits per heavy atom. The highest BCUT2D eigenvalue weighted by atomic mass is 32.2. The van der Waals surface area contributed by atoms with Crippen molar-refractivity contribution in [1.29, 1.82) is 0 Å². The number of aliphatic hydroxyl groups is 1. The highest BCUT2D eigenvalue weighted by Gasteiger charge is 2.12. The van der Waals surface area contributed by atoms with Crippen molar-refractivity contribution in [3.8, 4) is 0 Å². The van der Waals surface area contributed by atoms with E-state index in [4.69, 9.17) is 0 Å². The molecule has 0 aliphatic carbocycles. The molecule has 1 atom stereocenters. The predicted molar refractivity (Wildman–Crippen MR) is 76.8 cm³/mol. The molecule has 4 nitrogen and oxygen atoms in total. The predicted octanol–water partition coefficient (Wildman–Crippen LogP) is 1.63. The van der Waals surface area contributed by atoms with E-state index in [0.717, 1.165) is 12.1 Å². The minimum atomic E-state index is -3.19. The second-order valence-electron chi connectivity index (χ2n) is 5.01. The topological polar surface area (TPSA) is 57.6 Å². The second kappa shape index (κ2) is 6.32. The van der Waals surface area contributed by atoms with Crippen LogP contribution >= 0.6 is 0 Å². The fraction of sp³-hybridized carbons (Fsp3) is 0.429. The zero-order valence-electron chi connectivity index (χ0n) is 11.6. The number of aliphatic hydroxyl groups excluding tert-OH is 1. The van der Waals surface area contributed by atoms with E-state index in [0.29, 0.717) is 12.1 Å². The highest BCUT2D eigenvalue weighted by molar-refractivity contribution is 7.90. The van der Waals surface area contributed by atoms with Crippen molar-refractivity contribution in [1.82, 2.24) is 4.90 Å². The summed E-state index contributed by atoms with van der Waals surface area (Å²) in [5.41, 5.74) is 1.74. The molecular weight excluding hydrogens is 262 g/mol. The standard InChI is InChI=1S/C14H21NO3S/c1-11(2)9-15(3)10-14(16)12-5-7-13(8-6-12)19(4,17)18/h5-8,14,16H,1,9-10H2,2-4H3. The molecule has 0 amide bonds. The van der Waals surface area contributed by atoms with E-state index < -0.39 is 15.9 Å². The molecule has 1 aromatic carbocycles. The number of sulfone groups is 1. The molecule has 0 aliphatic rings. The van der Waals surface area contributed by atoms with Crippen molar-refractivity contribution in [3.05, 3.63) is 42.0 Å². The van der Waals surface area contributed by atoms with Gasteiger partial charge in [-0.3, -0.25) is 4.90 Å². The molecule has 5 heteroatoms. The lowest BCUT2D eigenvalue weighted by Crippen LogP contribution is -2.26. The van der Waals surface area contributed by atoms with Gasteiger partial charge in [-0.05, 0) is 31.7 Å². The Hall–Kier alpha value is -1.17. The van der Waals surface area contributed by atoms with Crippen LogP contribution in [0.5, 0.6) is 0 Å². The molecule has 0 bridgehead atoms. The molecule has 1 N–H and O–H groups in total. The Morgan fingerprint density at radius 1 is 1.37 bits per heavy atom. The summed E-state index contributed by atoms with van der Waals surface area (Å²) in [5, 5.41) is 10.1. The van der Waals surface area contributed by atoms with E-state index in [2.05, 4.69) is 6.58 Å². The van der Waals surface area contributed by atoms with Gasteiger partial charge in [-0.25, -0.2) is 8.42 Å². The summed E-state index contributed by atoms with van der Waals surface area (Å²) in [7, 11) is -1.28. The molecule has 0 saturated carbocycles. The third-order valence-corrected chi connectivity index (χ3v) is 3.85. The van der Waals surface area contributed by atoms with Gasteiger partial charge in [0.05, 0.1) is 11.0 Å². The van der Waals surface area contributed by atoms with Gasteiger partial charge in [0.2, 0.25) is 0 Å². The third kappa shape index (κ3) is 5.14. The number of likely N-dealkylation sites (N-methyl/N-ethyl adjacent to an activating group) is 1. The smallest absolute Gasteiger partial charge is 0.175 e. The van der Waals surface area contributed by atoms with Crippen molar-refractivity contribution in [3.63, 3.8) is 0 Å². The lowest BCUT2D eigenvalue weighted by Gasteiger charge is -2.20. The van der Waals surface area contributed by atoms with Crippen LogP contribution in [0.3, 0.4) is 0 Å². The van der Waals surface area contributed by atoms with Crippen LogP contribution in [0, 0.1) is 0 Å². The Bertz CT molecular complexity index is 534. The average molecular weight is 283 g/mol. The Kier molecular flexibility index (Phi) is 5.29. The van der Waals surface area contributed by atoms with Crippen LogP contribution in [0.25, 0.3) is 0 Å². The first-order valence-electron chi connectivity index (χ1n) is 6.01. The van der Waals surface area contributed by atoms with Gasteiger partial charge in [-0.2, -0.15) is 0 Å². The van der Waals surface area contributed by atoms with E-state index in [1.54, 1.807) is 12.1 Å². The summed E-state index contributed by atoms with van der Waals surface area (Å²) in [6, 6.07) is 6.34. The largest absolute Gasteiger partial charge is 0.387 e. The zero-order chi connectivity index (χ0) is 14.6. The molecular formula is C14H21NO3S. The number of nitrogens with zero attached hydrogens (tertiary/aromatic N) is 1. The molecule has 1 unspecified atom stereocenters. The van der Waals surface area contributed by atoms with Gasteiger partial charge in [-0.15, -0.1) is 0 Å². The van der Waals surface area contributed by atoms with Crippen LogP contribution in [0.2, 0.25) is 0 Å². The summed E-state index contributed by atoms with van der Waals surface area (Å²) >= 11 is 0. The van der Waals surface area contributed by atoms with Gasteiger partial charge < -0.3 is 5.11 Å². The third-order valence-electron chi connectivity index (χ3n) is 2.72. The summed E-state index contributed by atoms with van der Waals surface area (Å²) < 4.78 is 22.7. The maximum Gasteiger partial charge on any atom is 0.175 e. The van der Waals surface area contributed by atoms with Crippen molar-refractivity contribution < 1.29 is 13.5 Å². The monoisotopic (exact) mass is 283 g/mol. The van der Waals surface area contributed by atoms with E-state index in [1.165, 1.54) is 18.4 Å². The lowest BCUT2D eigenvalue weighted by molar-refractivity contribution is 0.131. The summed E-state index contributed by atoms with van der Waals surface area (Å²) in [5.74, 6) is 0. The van der Waals surface area contributed by atoms with Crippen molar-refractivity contribution in [2.45, 2.75) is 17.9 Å². The molecule has 0 aliphatic heterocycles. The first kappa shape index (κ1) is 15.9. The molecule has 106 valence electrons. The Morgan fingerprint density at radius 3 is 2.32 bits per heavy atom. The maximum absolute atomic E-state index is 11.3. The minimum Gasteiger partial charge on any atom is -0.387 e. The van der Waals surface area contributed by atoms with Gasteiger partial charge in [0.1, 0.15) is 0 Å². The lowest BCUT2D eigenvalue weighted by atomic mass is 10.1. The van der Waals surface area contributed by atoms with Gasteiger partial charge in [0, 0.05) is 19.3 Å². The molecule has 0 heterocycles. The van der Waals surface area contributed by atoms with Crippen LogP contribution in [0.15, 0.2) is 41.3 Å². The van der Waals surface area contributed by atoms with Gasteiger partial charge in [-0.1, -0.05) is 24.3 Å². The first-order chi connectivity index (χ1) is 8.70. The zero-order valence-corrected chi connectivity index (χ0v) is 12.4. The van der Waals surface area contributed by atoms with Crippen LogP contribution in [-0.4, -0.2) is 44.8 Å². The molecule has 1 rings (SSSR count). The normalized spacial score (nSPS) is 13.5. The number of hydrogen-bond acceptors (Lipinski definition) is 4. The van der Waals surface area contributed by atoms with Crippen LogP contribution in [0.1, 0.15) is 18.6 Å². The first-order valence-corrected chi connectivity index (χ1v) is 7.90.